The number of hydrogen-bond acceptors (Lipinski definition) is 2. The van der Waals surface area contributed by atoms with E-state index in [0.717, 1.165) is 19.6 Å². The molecule has 0 amide bonds. The Labute approximate surface area is 79.4 Å². The Kier molecular flexibility index (Phi) is 2.62. The monoisotopic (exact) mass is 176 g/mol. The van der Waals surface area contributed by atoms with Gasteiger partial charge in [-0.15, -0.1) is 0 Å². The van der Waals surface area contributed by atoms with Gasteiger partial charge in [0.2, 0.25) is 0 Å². The first kappa shape index (κ1) is 8.73. The number of rotatable bonds is 1. The molecule has 0 aromatic heterocycles. The summed E-state index contributed by atoms with van der Waals surface area (Å²) in [7, 11) is 0. The molecule has 2 N–H and O–H groups in total. The van der Waals surface area contributed by atoms with E-state index in [2.05, 4.69) is 41.8 Å². The predicted octanol–water partition coefficient (Wildman–Crippen LogP) is 1.23. The van der Waals surface area contributed by atoms with Gasteiger partial charge in [0.15, 0.2) is 0 Å². The average Bonchev–Trinajstić information content (AvgIpc) is 2.19. The molecular weight excluding hydrogens is 160 g/mol. The second kappa shape index (κ2) is 3.90. The molecule has 0 unspecified atom stereocenters. The lowest BCUT2D eigenvalue weighted by Crippen LogP contribution is -2.42. The van der Waals surface area contributed by atoms with Gasteiger partial charge in [-0.3, -0.25) is 0 Å². The first-order valence-electron chi connectivity index (χ1n) is 4.87. The van der Waals surface area contributed by atoms with Gasteiger partial charge in [0, 0.05) is 25.7 Å². The molecule has 1 heterocycles. The number of hydrogen-bond donors (Lipinski definition) is 2. The zero-order chi connectivity index (χ0) is 9.10. The molecule has 1 aliphatic heterocycles. The lowest BCUT2D eigenvalue weighted by molar-refractivity contribution is 0.430. The summed E-state index contributed by atoms with van der Waals surface area (Å²) in [6.07, 6.45) is 0. The van der Waals surface area contributed by atoms with Crippen molar-refractivity contribution >= 4 is 0 Å². The van der Waals surface area contributed by atoms with Gasteiger partial charge in [-0.25, -0.2) is 0 Å². The minimum atomic E-state index is 0.494. The van der Waals surface area contributed by atoms with Crippen LogP contribution in [0.1, 0.15) is 17.2 Å². The lowest BCUT2D eigenvalue weighted by atomic mass is 10.0. The molecule has 0 aliphatic carbocycles. The van der Waals surface area contributed by atoms with Crippen LogP contribution < -0.4 is 10.6 Å². The van der Waals surface area contributed by atoms with Crippen LogP contribution in [0.5, 0.6) is 0 Å². The summed E-state index contributed by atoms with van der Waals surface area (Å²) in [5.74, 6) is 0. The van der Waals surface area contributed by atoms with Crippen molar-refractivity contribution in [2.45, 2.75) is 13.0 Å². The SMILES string of the molecule is Cc1cccc([C@@H]2CNCCN2)c1. The molecule has 70 valence electrons. The normalized spacial score (nSPS) is 23.0. The van der Waals surface area contributed by atoms with Crippen LogP contribution in [-0.4, -0.2) is 19.6 Å². The van der Waals surface area contributed by atoms with Crippen molar-refractivity contribution in [2.24, 2.45) is 0 Å². The zero-order valence-electron chi connectivity index (χ0n) is 8.01. The van der Waals surface area contributed by atoms with Crippen molar-refractivity contribution in [3.05, 3.63) is 35.4 Å². The molecule has 1 aliphatic rings. The highest BCUT2D eigenvalue weighted by atomic mass is 15.1. The van der Waals surface area contributed by atoms with E-state index >= 15 is 0 Å². The zero-order valence-corrected chi connectivity index (χ0v) is 8.01. The third-order valence-electron chi connectivity index (χ3n) is 2.49. The highest BCUT2D eigenvalue weighted by molar-refractivity contribution is 5.25. The van der Waals surface area contributed by atoms with Crippen LogP contribution in [0.4, 0.5) is 0 Å². The second-order valence-corrected chi connectivity index (χ2v) is 3.62. The van der Waals surface area contributed by atoms with Gasteiger partial charge in [0.1, 0.15) is 0 Å². The smallest absolute Gasteiger partial charge is 0.0447 e. The minimum absolute atomic E-state index is 0.494. The fourth-order valence-electron chi connectivity index (χ4n) is 1.78. The van der Waals surface area contributed by atoms with Gasteiger partial charge >= 0.3 is 0 Å². The molecule has 1 aromatic carbocycles. The van der Waals surface area contributed by atoms with Crippen LogP contribution >= 0.6 is 0 Å². The van der Waals surface area contributed by atoms with Crippen molar-refractivity contribution in [2.75, 3.05) is 19.6 Å². The molecule has 2 heteroatoms. The molecule has 1 fully saturated rings. The number of benzene rings is 1. The molecule has 0 spiro atoms. The van der Waals surface area contributed by atoms with Crippen molar-refractivity contribution in [3.63, 3.8) is 0 Å². The van der Waals surface area contributed by atoms with Crippen LogP contribution in [0.15, 0.2) is 24.3 Å². The Morgan fingerprint density at radius 3 is 2.92 bits per heavy atom. The van der Waals surface area contributed by atoms with Crippen molar-refractivity contribution in [1.29, 1.82) is 0 Å². The standard InChI is InChI=1S/C11H16N2/c1-9-3-2-4-10(7-9)11-8-12-5-6-13-11/h2-4,7,11-13H,5-6,8H2,1H3/t11-/m0/s1. The van der Waals surface area contributed by atoms with Gasteiger partial charge in [0.25, 0.3) is 0 Å². The quantitative estimate of drug-likeness (QED) is 0.672. The summed E-state index contributed by atoms with van der Waals surface area (Å²) in [4.78, 5) is 0. The molecule has 0 saturated carbocycles. The van der Waals surface area contributed by atoms with Gasteiger partial charge in [-0.2, -0.15) is 0 Å². The summed E-state index contributed by atoms with van der Waals surface area (Å²) < 4.78 is 0. The Balaban J connectivity index is 2.14. The molecule has 2 rings (SSSR count). The van der Waals surface area contributed by atoms with Gasteiger partial charge < -0.3 is 10.6 Å². The molecule has 2 nitrogen and oxygen atoms in total. The number of aryl methyl sites for hydroxylation is 1. The van der Waals surface area contributed by atoms with E-state index in [4.69, 9.17) is 0 Å². The third kappa shape index (κ3) is 2.08. The van der Waals surface area contributed by atoms with E-state index < -0.39 is 0 Å². The number of nitrogens with one attached hydrogen (secondary N) is 2. The Hall–Kier alpha value is -0.860. The van der Waals surface area contributed by atoms with Gasteiger partial charge in [-0.05, 0) is 12.5 Å². The first-order chi connectivity index (χ1) is 6.36. The van der Waals surface area contributed by atoms with Crippen molar-refractivity contribution in [1.82, 2.24) is 10.6 Å². The average molecular weight is 176 g/mol. The molecule has 0 radical (unpaired) electrons. The maximum Gasteiger partial charge on any atom is 0.0447 e. The largest absolute Gasteiger partial charge is 0.314 e. The van der Waals surface area contributed by atoms with E-state index in [-0.39, 0.29) is 0 Å². The molecular formula is C11H16N2. The molecule has 1 saturated heterocycles. The van der Waals surface area contributed by atoms with Crippen LogP contribution in [0.25, 0.3) is 0 Å². The molecule has 13 heavy (non-hydrogen) atoms. The first-order valence-corrected chi connectivity index (χ1v) is 4.87. The van der Waals surface area contributed by atoms with E-state index in [1.54, 1.807) is 0 Å². The van der Waals surface area contributed by atoms with Crippen LogP contribution in [0.2, 0.25) is 0 Å². The molecule has 1 atom stereocenters. The van der Waals surface area contributed by atoms with Gasteiger partial charge in [0.05, 0.1) is 0 Å². The molecule has 1 aromatic rings. The van der Waals surface area contributed by atoms with Crippen LogP contribution in [0, 0.1) is 6.92 Å². The minimum Gasteiger partial charge on any atom is -0.314 e. The number of piperazine rings is 1. The Morgan fingerprint density at radius 2 is 2.23 bits per heavy atom. The van der Waals surface area contributed by atoms with E-state index in [1.165, 1.54) is 11.1 Å². The maximum atomic E-state index is 3.50. The second-order valence-electron chi connectivity index (χ2n) is 3.62. The fraction of sp³-hybridized carbons (Fsp3) is 0.455. The topological polar surface area (TPSA) is 24.1 Å². The third-order valence-corrected chi connectivity index (χ3v) is 2.49. The van der Waals surface area contributed by atoms with Crippen molar-refractivity contribution in [3.8, 4) is 0 Å². The summed E-state index contributed by atoms with van der Waals surface area (Å²) in [6, 6.07) is 9.21. The van der Waals surface area contributed by atoms with Crippen LogP contribution in [-0.2, 0) is 0 Å². The molecule has 0 bridgehead atoms. The van der Waals surface area contributed by atoms with Crippen molar-refractivity contribution < 1.29 is 0 Å². The lowest BCUT2D eigenvalue weighted by Gasteiger charge is -2.25. The fourth-order valence-corrected chi connectivity index (χ4v) is 1.78. The highest BCUT2D eigenvalue weighted by Gasteiger charge is 2.13. The highest BCUT2D eigenvalue weighted by Crippen LogP contribution is 2.14. The van der Waals surface area contributed by atoms with Crippen LogP contribution in [0.3, 0.4) is 0 Å². The Morgan fingerprint density at radius 1 is 1.31 bits per heavy atom. The summed E-state index contributed by atoms with van der Waals surface area (Å²) in [6.45, 7) is 5.34. The van der Waals surface area contributed by atoms with Gasteiger partial charge in [-0.1, -0.05) is 29.8 Å². The predicted molar refractivity (Wildman–Crippen MR) is 54.8 cm³/mol. The van der Waals surface area contributed by atoms with E-state index in [9.17, 15) is 0 Å². The summed E-state index contributed by atoms with van der Waals surface area (Å²) >= 11 is 0. The summed E-state index contributed by atoms with van der Waals surface area (Å²) in [5, 5.41) is 6.89. The van der Waals surface area contributed by atoms with E-state index in [0.29, 0.717) is 6.04 Å². The van der Waals surface area contributed by atoms with E-state index in [1.807, 2.05) is 0 Å². The summed E-state index contributed by atoms with van der Waals surface area (Å²) in [5.41, 5.74) is 2.73. The Bertz CT molecular complexity index is 277. The maximum absolute atomic E-state index is 3.50.